The van der Waals surface area contributed by atoms with E-state index in [1.165, 1.54) is 12.1 Å². The topological polar surface area (TPSA) is 66.5 Å². The van der Waals surface area contributed by atoms with Crippen molar-refractivity contribution < 1.29 is 13.2 Å². The zero-order valence-corrected chi connectivity index (χ0v) is 21.6. The standard InChI is InChI=1S/C29H27ClN2O3S/c1-21-13-16-24(17-14-21)29(23-9-5-3-6-10-23)31-28(33)20-32(25-18-15-22(2)27(30)19-25)36(34,35)26-11-7-4-8-12-26/h3-19,29H,20H2,1-2H3,(H,31,33). The highest BCUT2D eigenvalue weighted by Crippen LogP contribution is 2.28. The van der Waals surface area contributed by atoms with E-state index in [0.717, 1.165) is 26.6 Å². The summed E-state index contributed by atoms with van der Waals surface area (Å²) in [6.45, 7) is 3.42. The number of halogens is 1. The number of nitrogens with zero attached hydrogens (tertiary/aromatic N) is 1. The van der Waals surface area contributed by atoms with E-state index >= 15 is 0 Å². The van der Waals surface area contributed by atoms with E-state index in [1.54, 1.807) is 36.4 Å². The lowest BCUT2D eigenvalue weighted by atomic mass is 9.98. The Bertz CT molecular complexity index is 1440. The Kier molecular flexibility index (Phi) is 7.77. The van der Waals surface area contributed by atoms with Crippen molar-refractivity contribution in [2.24, 2.45) is 0 Å². The van der Waals surface area contributed by atoms with E-state index in [0.29, 0.717) is 10.7 Å². The molecule has 4 rings (SSSR count). The number of aryl methyl sites for hydroxylation is 2. The molecule has 0 aliphatic rings. The first-order chi connectivity index (χ1) is 17.3. The van der Waals surface area contributed by atoms with E-state index in [4.69, 9.17) is 11.6 Å². The van der Waals surface area contributed by atoms with Crippen LogP contribution in [0.1, 0.15) is 28.3 Å². The average molecular weight is 519 g/mol. The maximum atomic E-state index is 13.6. The minimum absolute atomic E-state index is 0.0904. The van der Waals surface area contributed by atoms with E-state index in [9.17, 15) is 13.2 Å². The molecule has 0 fully saturated rings. The quantitative estimate of drug-likeness (QED) is 0.308. The molecule has 184 valence electrons. The van der Waals surface area contributed by atoms with Crippen LogP contribution < -0.4 is 9.62 Å². The molecule has 1 amide bonds. The van der Waals surface area contributed by atoms with Crippen LogP contribution in [0.3, 0.4) is 0 Å². The largest absolute Gasteiger partial charge is 0.344 e. The lowest BCUT2D eigenvalue weighted by Gasteiger charge is -2.26. The number of carbonyl (C=O) groups is 1. The third-order valence-corrected chi connectivity index (χ3v) is 8.11. The predicted octanol–water partition coefficient (Wildman–Crippen LogP) is 6.06. The fourth-order valence-electron chi connectivity index (χ4n) is 3.87. The number of hydrogen-bond donors (Lipinski definition) is 1. The summed E-state index contributed by atoms with van der Waals surface area (Å²) in [6.07, 6.45) is 0. The molecule has 0 aliphatic heterocycles. The molecule has 0 heterocycles. The molecule has 0 aromatic heterocycles. The normalized spacial score (nSPS) is 12.1. The number of carbonyl (C=O) groups excluding carboxylic acids is 1. The van der Waals surface area contributed by atoms with Gasteiger partial charge >= 0.3 is 0 Å². The first-order valence-corrected chi connectivity index (χ1v) is 13.3. The summed E-state index contributed by atoms with van der Waals surface area (Å²) in [5.74, 6) is -0.444. The van der Waals surface area contributed by atoms with Gasteiger partial charge in [-0.15, -0.1) is 0 Å². The maximum Gasteiger partial charge on any atom is 0.264 e. The molecule has 5 nitrogen and oxygen atoms in total. The minimum atomic E-state index is -4.04. The van der Waals surface area contributed by atoms with Crippen LogP contribution in [0, 0.1) is 13.8 Å². The van der Waals surface area contributed by atoms with Gasteiger partial charge < -0.3 is 5.32 Å². The lowest BCUT2D eigenvalue weighted by Crippen LogP contribution is -2.42. The second kappa shape index (κ2) is 11.0. The molecule has 7 heteroatoms. The second-order valence-corrected chi connectivity index (χ2v) is 10.8. The second-order valence-electron chi connectivity index (χ2n) is 8.58. The lowest BCUT2D eigenvalue weighted by molar-refractivity contribution is -0.120. The van der Waals surface area contributed by atoms with Crippen LogP contribution in [-0.4, -0.2) is 20.9 Å². The third-order valence-electron chi connectivity index (χ3n) is 5.91. The Morgan fingerprint density at radius 3 is 2.03 bits per heavy atom. The van der Waals surface area contributed by atoms with Gasteiger partial charge in [0.15, 0.2) is 0 Å². The van der Waals surface area contributed by atoms with E-state index < -0.39 is 28.5 Å². The van der Waals surface area contributed by atoms with Gasteiger partial charge in [0, 0.05) is 5.02 Å². The van der Waals surface area contributed by atoms with Crippen molar-refractivity contribution in [1.82, 2.24) is 5.32 Å². The van der Waals surface area contributed by atoms with Gasteiger partial charge in [0.05, 0.1) is 16.6 Å². The van der Waals surface area contributed by atoms with Crippen molar-refractivity contribution in [2.75, 3.05) is 10.8 Å². The van der Waals surface area contributed by atoms with Crippen molar-refractivity contribution in [2.45, 2.75) is 24.8 Å². The Hall–Kier alpha value is -3.61. The SMILES string of the molecule is Cc1ccc(C(NC(=O)CN(c2ccc(C)c(Cl)c2)S(=O)(=O)c2ccccc2)c2ccccc2)cc1. The van der Waals surface area contributed by atoms with Crippen molar-refractivity contribution in [3.05, 3.63) is 130 Å². The molecule has 1 atom stereocenters. The van der Waals surface area contributed by atoms with Crippen molar-refractivity contribution in [1.29, 1.82) is 0 Å². The Labute approximate surface area is 217 Å². The van der Waals surface area contributed by atoms with Crippen LogP contribution in [0.4, 0.5) is 5.69 Å². The molecule has 36 heavy (non-hydrogen) atoms. The van der Waals surface area contributed by atoms with Gasteiger partial charge in [0.25, 0.3) is 10.0 Å². The summed E-state index contributed by atoms with van der Waals surface area (Å²) >= 11 is 6.33. The van der Waals surface area contributed by atoms with Crippen molar-refractivity contribution >= 4 is 33.2 Å². The molecule has 1 unspecified atom stereocenters. The molecular weight excluding hydrogens is 492 g/mol. The molecule has 0 bridgehead atoms. The molecule has 0 saturated carbocycles. The molecule has 4 aromatic carbocycles. The van der Waals surface area contributed by atoms with E-state index in [1.807, 2.05) is 68.4 Å². The number of benzene rings is 4. The molecule has 1 N–H and O–H groups in total. The molecule has 0 spiro atoms. The van der Waals surface area contributed by atoms with E-state index in [-0.39, 0.29) is 4.90 Å². The summed E-state index contributed by atoms with van der Waals surface area (Å²) in [5.41, 5.74) is 4.02. The number of rotatable bonds is 8. The van der Waals surface area contributed by atoms with Gasteiger partial charge in [0.1, 0.15) is 6.54 Å². The van der Waals surface area contributed by atoms with Gasteiger partial charge in [-0.25, -0.2) is 8.42 Å². The zero-order valence-electron chi connectivity index (χ0n) is 20.1. The fraction of sp³-hybridized carbons (Fsp3) is 0.138. The monoisotopic (exact) mass is 518 g/mol. The highest BCUT2D eigenvalue weighted by Gasteiger charge is 2.28. The Morgan fingerprint density at radius 1 is 0.833 bits per heavy atom. The smallest absolute Gasteiger partial charge is 0.264 e. The predicted molar refractivity (Wildman–Crippen MR) is 145 cm³/mol. The van der Waals surface area contributed by atoms with Crippen LogP contribution in [0.5, 0.6) is 0 Å². The van der Waals surface area contributed by atoms with E-state index in [2.05, 4.69) is 5.32 Å². The van der Waals surface area contributed by atoms with Gasteiger partial charge in [-0.1, -0.05) is 96.0 Å². The highest BCUT2D eigenvalue weighted by molar-refractivity contribution is 7.92. The van der Waals surface area contributed by atoms with Crippen LogP contribution in [-0.2, 0) is 14.8 Å². The van der Waals surface area contributed by atoms with Crippen molar-refractivity contribution in [3.8, 4) is 0 Å². The summed E-state index contributed by atoms with van der Waals surface area (Å²) < 4.78 is 28.4. The van der Waals surface area contributed by atoms with Gasteiger partial charge in [-0.3, -0.25) is 9.10 Å². The zero-order chi connectivity index (χ0) is 25.7. The van der Waals surface area contributed by atoms with Crippen LogP contribution in [0.15, 0.2) is 108 Å². The molecule has 0 aliphatic carbocycles. The number of nitrogens with one attached hydrogen (secondary N) is 1. The summed E-state index contributed by atoms with van der Waals surface area (Å²) in [4.78, 5) is 13.5. The molecule has 0 radical (unpaired) electrons. The first-order valence-electron chi connectivity index (χ1n) is 11.5. The molecule has 0 saturated heterocycles. The highest BCUT2D eigenvalue weighted by atomic mass is 35.5. The number of hydrogen-bond acceptors (Lipinski definition) is 3. The summed E-state index contributed by atoms with van der Waals surface area (Å²) in [6, 6.07) is 30.1. The Balaban J connectivity index is 1.69. The van der Waals surface area contributed by atoms with Crippen LogP contribution in [0.2, 0.25) is 5.02 Å². The van der Waals surface area contributed by atoms with Crippen LogP contribution in [0.25, 0.3) is 0 Å². The number of anilines is 1. The van der Waals surface area contributed by atoms with Gasteiger partial charge in [0.2, 0.25) is 5.91 Å². The molecular formula is C29H27ClN2O3S. The van der Waals surface area contributed by atoms with Gasteiger partial charge in [-0.2, -0.15) is 0 Å². The number of amides is 1. The maximum absolute atomic E-state index is 13.6. The van der Waals surface area contributed by atoms with Crippen LogP contribution >= 0.6 is 11.6 Å². The number of sulfonamides is 1. The third kappa shape index (κ3) is 5.78. The van der Waals surface area contributed by atoms with Crippen molar-refractivity contribution in [3.63, 3.8) is 0 Å². The Morgan fingerprint density at radius 2 is 1.42 bits per heavy atom. The summed E-state index contributed by atoms with van der Waals surface area (Å²) in [7, 11) is -4.04. The summed E-state index contributed by atoms with van der Waals surface area (Å²) in [5, 5.41) is 3.46. The minimum Gasteiger partial charge on any atom is -0.344 e. The average Bonchev–Trinajstić information content (AvgIpc) is 2.89. The first kappa shape index (κ1) is 25.5. The fourth-order valence-corrected chi connectivity index (χ4v) is 5.48. The molecule has 4 aromatic rings. The van der Waals surface area contributed by atoms with Gasteiger partial charge in [-0.05, 0) is 54.8 Å².